The molecule has 0 spiro atoms. The molecule has 1 N–H and O–H groups in total. The van der Waals surface area contributed by atoms with E-state index in [-0.39, 0.29) is 11.4 Å². The molecule has 3 heterocycles. The molecule has 0 unspecified atom stereocenters. The molecule has 4 aromatic rings. The maximum absolute atomic E-state index is 12.8. The first-order valence-corrected chi connectivity index (χ1v) is 10.4. The average Bonchev–Trinajstić information content (AvgIpc) is 3.21. The summed E-state index contributed by atoms with van der Waals surface area (Å²) < 4.78 is 28.2. The Morgan fingerprint density at radius 1 is 1.00 bits per heavy atom. The van der Waals surface area contributed by atoms with Crippen LogP contribution in [0, 0.1) is 0 Å². The van der Waals surface area contributed by atoms with E-state index in [0.29, 0.717) is 5.52 Å². The third-order valence-electron chi connectivity index (χ3n) is 3.99. The maximum atomic E-state index is 12.8. The van der Waals surface area contributed by atoms with Crippen LogP contribution in [-0.4, -0.2) is 18.4 Å². The van der Waals surface area contributed by atoms with Crippen molar-refractivity contribution in [3.8, 4) is 11.3 Å². The van der Waals surface area contributed by atoms with Crippen LogP contribution in [0.1, 0.15) is 5.56 Å². The normalized spacial score (nSPS) is 11.7. The molecule has 0 fully saturated rings. The second-order valence-electron chi connectivity index (χ2n) is 5.72. The van der Waals surface area contributed by atoms with Crippen LogP contribution in [0.2, 0.25) is 0 Å². The zero-order valence-electron chi connectivity index (χ0n) is 13.7. The Hall–Kier alpha value is -2.61. The predicted octanol–water partition coefficient (Wildman–Crippen LogP) is 3.84. The summed E-state index contributed by atoms with van der Waals surface area (Å²) in [4.78, 5) is 8.75. The molecule has 0 bridgehead atoms. The first kappa shape index (κ1) is 16.8. The van der Waals surface area contributed by atoms with Crippen LogP contribution < -0.4 is 4.72 Å². The van der Waals surface area contributed by atoms with E-state index < -0.39 is 10.0 Å². The van der Waals surface area contributed by atoms with Gasteiger partial charge in [0.1, 0.15) is 4.90 Å². The van der Waals surface area contributed by atoms with Crippen molar-refractivity contribution in [2.75, 3.05) is 0 Å². The Morgan fingerprint density at radius 3 is 2.73 bits per heavy atom. The van der Waals surface area contributed by atoms with Crippen molar-refractivity contribution in [1.82, 2.24) is 14.7 Å². The lowest BCUT2D eigenvalue weighted by molar-refractivity contribution is 0.582. The molecule has 0 radical (unpaired) electrons. The molecule has 1 aromatic carbocycles. The van der Waals surface area contributed by atoms with Crippen LogP contribution in [0.3, 0.4) is 0 Å². The lowest BCUT2D eigenvalue weighted by Gasteiger charge is -2.09. The van der Waals surface area contributed by atoms with Gasteiger partial charge in [-0.2, -0.15) is 11.3 Å². The van der Waals surface area contributed by atoms with Gasteiger partial charge in [-0.1, -0.05) is 18.2 Å². The fourth-order valence-corrected chi connectivity index (χ4v) is 4.55. The van der Waals surface area contributed by atoms with Gasteiger partial charge in [-0.05, 0) is 41.3 Å². The number of hydrogen-bond donors (Lipinski definition) is 1. The van der Waals surface area contributed by atoms with E-state index in [4.69, 9.17) is 0 Å². The van der Waals surface area contributed by atoms with Crippen LogP contribution in [0.25, 0.3) is 22.2 Å². The molecule has 5 nitrogen and oxygen atoms in total. The summed E-state index contributed by atoms with van der Waals surface area (Å²) in [6.07, 6.45) is 3.29. The third kappa shape index (κ3) is 3.37. The molecular weight excluding hydrogens is 366 g/mol. The monoisotopic (exact) mass is 381 g/mol. The molecule has 4 rings (SSSR count). The van der Waals surface area contributed by atoms with Crippen molar-refractivity contribution >= 4 is 32.3 Å². The number of pyridine rings is 2. The molecule has 0 aliphatic carbocycles. The molecule has 7 heteroatoms. The molecule has 0 aliphatic heterocycles. The van der Waals surface area contributed by atoms with Gasteiger partial charge >= 0.3 is 0 Å². The highest BCUT2D eigenvalue weighted by Gasteiger charge is 2.17. The van der Waals surface area contributed by atoms with Gasteiger partial charge in [-0.25, -0.2) is 13.1 Å². The summed E-state index contributed by atoms with van der Waals surface area (Å²) >= 11 is 1.60. The summed E-state index contributed by atoms with van der Waals surface area (Å²) in [7, 11) is -3.68. The van der Waals surface area contributed by atoms with Gasteiger partial charge < -0.3 is 0 Å². The molecule has 0 amide bonds. The first-order chi connectivity index (χ1) is 12.6. The lowest BCUT2D eigenvalue weighted by atomic mass is 10.1. The van der Waals surface area contributed by atoms with Crippen molar-refractivity contribution in [2.24, 2.45) is 0 Å². The van der Waals surface area contributed by atoms with Crippen LogP contribution >= 0.6 is 11.3 Å². The topological polar surface area (TPSA) is 72.0 Å². The van der Waals surface area contributed by atoms with Crippen molar-refractivity contribution in [2.45, 2.75) is 11.4 Å². The Kier molecular flexibility index (Phi) is 4.50. The summed E-state index contributed by atoms with van der Waals surface area (Å²) in [5.41, 5.74) is 3.17. The number of rotatable bonds is 5. The number of aromatic nitrogens is 2. The van der Waals surface area contributed by atoms with Crippen LogP contribution in [0.5, 0.6) is 0 Å². The summed E-state index contributed by atoms with van der Waals surface area (Å²) in [6.45, 7) is 0.186. The van der Waals surface area contributed by atoms with E-state index in [2.05, 4.69) is 14.7 Å². The highest BCUT2D eigenvalue weighted by molar-refractivity contribution is 7.89. The van der Waals surface area contributed by atoms with E-state index in [0.717, 1.165) is 22.2 Å². The molecule has 0 aliphatic rings. The quantitative estimate of drug-likeness (QED) is 0.570. The van der Waals surface area contributed by atoms with Crippen molar-refractivity contribution < 1.29 is 8.42 Å². The van der Waals surface area contributed by atoms with Crippen LogP contribution in [0.15, 0.2) is 76.6 Å². The lowest BCUT2D eigenvalue weighted by Crippen LogP contribution is -2.23. The minimum absolute atomic E-state index is 0.183. The second-order valence-corrected chi connectivity index (χ2v) is 8.23. The molecule has 0 atom stereocenters. The van der Waals surface area contributed by atoms with E-state index in [1.165, 1.54) is 0 Å². The largest absolute Gasteiger partial charge is 0.256 e. The number of benzene rings is 1. The maximum Gasteiger partial charge on any atom is 0.243 e. The van der Waals surface area contributed by atoms with E-state index in [1.54, 1.807) is 48.0 Å². The Morgan fingerprint density at radius 2 is 1.88 bits per heavy atom. The van der Waals surface area contributed by atoms with Gasteiger partial charge in [0.05, 0.1) is 11.2 Å². The Labute approximate surface area is 155 Å². The van der Waals surface area contributed by atoms with Crippen molar-refractivity contribution in [1.29, 1.82) is 0 Å². The summed E-state index contributed by atoms with van der Waals surface area (Å²) in [5.74, 6) is 0. The molecular formula is C19H15N3O2S2. The summed E-state index contributed by atoms with van der Waals surface area (Å²) in [5, 5.41) is 4.79. The Bertz CT molecular complexity index is 1150. The SMILES string of the molecule is O=S(=O)(NCc1ccnc(-c2ccsc2)c1)c1cccc2cccnc12. The zero-order chi connectivity index (χ0) is 18.0. The fourth-order valence-electron chi connectivity index (χ4n) is 2.70. The van der Waals surface area contributed by atoms with Gasteiger partial charge in [0.2, 0.25) is 10.0 Å². The third-order valence-corrected chi connectivity index (χ3v) is 6.11. The van der Waals surface area contributed by atoms with Gasteiger partial charge in [0, 0.05) is 35.3 Å². The highest BCUT2D eigenvalue weighted by Crippen LogP contribution is 2.22. The summed E-state index contributed by atoms with van der Waals surface area (Å²) in [6, 6.07) is 14.5. The first-order valence-electron chi connectivity index (χ1n) is 7.94. The number of thiophene rings is 1. The zero-order valence-corrected chi connectivity index (χ0v) is 15.3. The van der Waals surface area contributed by atoms with Gasteiger partial charge in [0.25, 0.3) is 0 Å². The average molecular weight is 381 g/mol. The second kappa shape index (κ2) is 6.95. The minimum Gasteiger partial charge on any atom is -0.256 e. The van der Waals surface area contributed by atoms with Crippen molar-refractivity contribution in [3.05, 3.63) is 77.2 Å². The van der Waals surface area contributed by atoms with E-state index >= 15 is 0 Å². The van der Waals surface area contributed by atoms with E-state index in [9.17, 15) is 8.42 Å². The number of sulfonamides is 1. The molecule has 0 saturated heterocycles. The number of nitrogens with one attached hydrogen (secondary N) is 1. The van der Waals surface area contributed by atoms with Gasteiger partial charge in [-0.3, -0.25) is 9.97 Å². The standard InChI is InChI=1S/C19H15N3O2S2/c23-26(24,18-5-1-3-15-4-2-8-21-19(15)18)22-12-14-6-9-20-17(11-14)16-7-10-25-13-16/h1-11,13,22H,12H2. The van der Waals surface area contributed by atoms with Crippen molar-refractivity contribution in [3.63, 3.8) is 0 Å². The minimum atomic E-state index is -3.68. The predicted molar refractivity (Wildman–Crippen MR) is 103 cm³/mol. The van der Waals surface area contributed by atoms with E-state index in [1.807, 2.05) is 35.0 Å². The molecule has 26 heavy (non-hydrogen) atoms. The van der Waals surface area contributed by atoms with Gasteiger partial charge in [-0.15, -0.1) is 0 Å². The smallest absolute Gasteiger partial charge is 0.243 e. The number of nitrogens with zero attached hydrogens (tertiary/aromatic N) is 2. The van der Waals surface area contributed by atoms with Crippen LogP contribution in [0.4, 0.5) is 0 Å². The number of para-hydroxylation sites is 1. The molecule has 3 aromatic heterocycles. The number of hydrogen-bond acceptors (Lipinski definition) is 5. The van der Waals surface area contributed by atoms with Crippen LogP contribution in [-0.2, 0) is 16.6 Å². The molecule has 0 saturated carbocycles. The Balaban J connectivity index is 1.60. The number of fused-ring (bicyclic) bond motifs is 1. The van der Waals surface area contributed by atoms with Gasteiger partial charge in [0.15, 0.2) is 0 Å². The molecule has 130 valence electrons. The highest BCUT2D eigenvalue weighted by atomic mass is 32.2. The fraction of sp³-hybridized carbons (Fsp3) is 0.0526.